The molecular formula is C15H13FN2. The molecule has 0 heterocycles. The van der Waals surface area contributed by atoms with Crippen LogP contribution in [0, 0.1) is 17.1 Å². The van der Waals surface area contributed by atoms with Crippen molar-refractivity contribution in [2.75, 3.05) is 5.32 Å². The molecule has 0 spiro atoms. The summed E-state index contributed by atoms with van der Waals surface area (Å²) in [7, 11) is 0. The summed E-state index contributed by atoms with van der Waals surface area (Å²) in [5.41, 5.74) is 1.39. The van der Waals surface area contributed by atoms with Crippen LogP contribution in [-0.2, 0) is 0 Å². The van der Waals surface area contributed by atoms with Gasteiger partial charge in [-0.1, -0.05) is 42.5 Å². The number of benzene rings is 2. The molecule has 90 valence electrons. The smallest absolute Gasteiger partial charge is 0.146 e. The van der Waals surface area contributed by atoms with E-state index in [1.807, 2.05) is 30.3 Å². The lowest BCUT2D eigenvalue weighted by molar-refractivity contribution is 0.626. The number of rotatable bonds is 4. The molecule has 0 saturated carbocycles. The number of nitrogens with one attached hydrogen (secondary N) is 1. The molecule has 1 atom stereocenters. The largest absolute Gasteiger partial charge is 0.375 e. The summed E-state index contributed by atoms with van der Waals surface area (Å²) >= 11 is 0. The summed E-state index contributed by atoms with van der Waals surface area (Å²) in [6.45, 7) is 0. The third-order valence-corrected chi connectivity index (χ3v) is 2.70. The maximum absolute atomic E-state index is 13.6. The van der Waals surface area contributed by atoms with Crippen LogP contribution in [0.5, 0.6) is 0 Å². The molecule has 2 rings (SSSR count). The van der Waals surface area contributed by atoms with Crippen LogP contribution in [0.2, 0.25) is 0 Å². The first-order chi connectivity index (χ1) is 8.81. The van der Waals surface area contributed by atoms with E-state index in [9.17, 15) is 4.39 Å². The van der Waals surface area contributed by atoms with Crippen molar-refractivity contribution >= 4 is 5.69 Å². The Balaban J connectivity index is 2.23. The highest BCUT2D eigenvalue weighted by Gasteiger charge is 2.12. The number of anilines is 1. The lowest BCUT2D eigenvalue weighted by atomic mass is 10.0. The summed E-state index contributed by atoms with van der Waals surface area (Å²) in [6.07, 6.45) is 0.290. The zero-order valence-electron chi connectivity index (χ0n) is 9.81. The highest BCUT2D eigenvalue weighted by Crippen LogP contribution is 2.23. The van der Waals surface area contributed by atoms with Crippen molar-refractivity contribution in [2.45, 2.75) is 12.5 Å². The fraction of sp³-hybridized carbons (Fsp3) is 0.133. The molecule has 1 N–H and O–H groups in total. The second-order valence-electron chi connectivity index (χ2n) is 3.95. The van der Waals surface area contributed by atoms with Crippen molar-refractivity contribution in [3.05, 3.63) is 66.0 Å². The summed E-state index contributed by atoms with van der Waals surface area (Å²) in [4.78, 5) is 0. The van der Waals surface area contributed by atoms with Crippen molar-refractivity contribution in [3.63, 3.8) is 0 Å². The van der Waals surface area contributed by atoms with Crippen molar-refractivity contribution in [1.29, 1.82) is 5.26 Å². The highest BCUT2D eigenvalue weighted by atomic mass is 19.1. The molecular weight excluding hydrogens is 227 g/mol. The van der Waals surface area contributed by atoms with Crippen LogP contribution in [0.3, 0.4) is 0 Å². The Kier molecular flexibility index (Phi) is 3.93. The van der Waals surface area contributed by atoms with Gasteiger partial charge in [-0.25, -0.2) is 4.39 Å². The van der Waals surface area contributed by atoms with E-state index in [4.69, 9.17) is 5.26 Å². The maximum atomic E-state index is 13.6. The topological polar surface area (TPSA) is 35.8 Å². The van der Waals surface area contributed by atoms with Gasteiger partial charge in [-0.2, -0.15) is 5.26 Å². The summed E-state index contributed by atoms with van der Waals surface area (Å²) < 4.78 is 13.6. The fourth-order valence-corrected chi connectivity index (χ4v) is 1.79. The minimum absolute atomic E-state index is 0.201. The van der Waals surface area contributed by atoms with Gasteiger partial charge in [0.1, 0.15) is 5.82 Å². The molecule has 0 aliphatic heterocycles. The monoisotopic (exact) mass is 240 g/mol. The molecule has 0 saturated heterocycles. The first-order valence-corrected chi connectivity index (χ1v) is 5.74. The third-order valence-electron chi connectivity index (χ3n) is 2.70. The molecule has 0 fully saturated rings. The predicted molar refractivity (Wildman–Crippen MR) is 69.4 cm³/mol. The fourth-order valence-electron chi connectivity index (χ4n) is 1.79. The van der Waals surface area contributed by atoms with Crippen molar-refractivity contribution in [3.8, 4) is 6.07 Å². The maximum Gasteiger partial charge on any atom is 0.146 e. The van der Waals surface area contributed by atoms with Crippen molar-refractivity contribution in [2.24, 2.45) is 0 Å². The average molecular weight is 240 g/mol. The van der Waals surface area contributed by atoms with Crippen LogP contribution in [-0.4, -0.2) is 0 Å². The lowest BCUT2D eigenvalue weighted by Gasteiger charge is -2.18. The molecule has 1 unspecified atom stereocenters. The number of hydrogen-bond acceptors (Lipinski definition) is 2. The van der Waals surface area contributed by atoms with Gasteiger partial charge in [0.2, 0.25) is 0 Å². The van der Waals surface area contributed by atoms with Crippen LogP contribution in [0.4, 0.5) is 10.1 Å². The minimum atomic E-state index is -0.309. The minimum Gasteiger partial charge on any atom is -0.375 e. The SMILES string of the molecule is N#CCC(Nc1ccccc1F)c1ccccc1. The Morgan fingerprint density at radius 3 is 2.39 bits per heavy atom. The Morgan fingerprint density at radius 1 is 1.06 bits per heavy atom. The quantitative estimate of drug-likeness (QED) is 0.879. The van der Waals surface area contributed by atoms with Gasteiger partial charge in [-0.3, -0.25) is 0 Å². The molecule has 3 heteroatoms. The number of nitrogens with zero attached hydrogens (tertiary/aromatic N) is 1. The number of halogens is 1. The van der Waals surface area contributed by atoms with Gasteiger partial charge in [-0.05, 0) is 17.7 Å². The Bertz CT molecular complexity index is 546. The Morgan fingerprint density at radius 2 is 1.72 bits per heavy atom. The van der Waals surface area contributed by atoms with E-state index in [1.165, 1.54) is 6.07 Å². The van der Waals surface area contributed by atoms with E-state index in [1.54, 1.807) is 18.2 Å². The van der Waals surface area contributed by atoms with Gasteiger partial charge in [0.25, 0.3) is 0 Å². The summed E-state index contributed by atoms with van der Waals surface area (Å²) in [6, 6.07) is 18.0. The normalized spacial score (nSPS) is 11.6. The van der Waals surface area contributed by atoms with E-state index in [0.29, 0.717) is 12.1 Å². The van der Waals surface area contributed by atoms with Crippen LogP contribution in [0.15, 0.2) is 54.6 Å². The molecule has 0 aliphatic carbocycles. The van der Waals surface area contributed by atoms with E-state index in [0.717, 1.165) is 5.56 Å². The van der Waals surface area contributed by atoms with Crippen LogP contribution in [0.1, 0.15) is 18.0 Å². The lowest BCUT2D eigenvalue weighted by Crippen LogP contribution is -2.11. The second kappa shape index (κ2) is 5.83. The first-order valence-electron chi connectivity index (χ1n) is 5.74. The molecule has 2 nitrogen and oxygen atoms in total. The van der Waals surface area contributed by atoms with E-state index >= 15 is 0 Å². The van der Waals surface area contributed by atoms with Crippen LogP contribution >= 0.6 is 0 Å². The summed E-state index contributed by atoms with van der Waals surface area (Å²) in [5, 5.41) is 11.9. The van der Waals surface area contributed by atoms with E-state index in [-0.39, 0.29) is 11.9 Å². The molecule has 0 aromatic heterocycles. The van der Waals surface area contributed by atoms with Gasteiger partial charge in [-0.15, -0.1) is 0 Å². The van der Waals surface area contributed by atoms with E-state index in [2.05, 4.69) is 11.4 Å². The number of hydrogen-bond donors (Lipinski definition) is 1. The molecule has 2 aromatic carbocycles. The number of para-hydroxylation sites is 1. The van der Waals surface area contributed by atoms with E-state index < -0.39 is 0 Å². The van der Waals surface area contributed by atoms with Crippen LogP contribution in [0.25, 0.3) is 0 Å². The Labute approximate surface area is 106 Å². The van der Waals surface area contributed by atoms with Gasteiger partial charge in [0.15, 0.2) is 0 Å². The summed E-state index contributed by atoms with van der Waals surface area (Å²) in [5.74, 6) is -0.309. The van der Waals surface area contributed by atoms with Crippen molar-refractivity contribution < 1.29 is 4.39 Å². The molecule has 18 heavy (non-hydrogen) atoms. The first kappa shape index (κ1) is 12.1. The predicted octanol–water partition coefficient (Wildman–Crippen LogP) is 3.89. The molecule has 0 amide bonds. The van der Waals surface area contributed by atoms with Crippen molar-refractivity contribution in [1.82, 2.24) is 0 Å². The molecule has 0 radical (unpaired) electrons. The standard InChI is InChI=1S/C15H13FN2/c16-13-8-4-5-9-15(13)18-14(10-11-17)12-6-2-1-3-7-12/h1-9,14,18H,10H2. The van der Waals surface area contributed by atoms with Gasteiger partial charge >= 0.3 is 0 Å². The molecule has 0 bridgehead atoms. The second-order valence-corrected chi connectivity index (χ2v) is 3.95. The van der Waals surface area contributed by atoms with Gasteiger partial charge in [0.05, 0.1) is 24.2 Å². The highest BCUT2D eigenvalue weighted by molar-refractivity contribution is 5.47. The Hall–Kier alpha value is -2.34. The molecule has 2 aromatic rings. The van der Waals surface area contributed by atoms with Crippen LogP contribution < -0.4 is 5.32 Å². The zero-order valence-corrected chi connectivity index (χ0v) is 9.81. The van der Waals surface area contributed by atoms with Gasteiger partial charge in [0, 0.05) is 0 Å². The third kappa shape index (κ3) is 2.86. The average Bonchev–Trinajstić information content (AvgIpc) is 2.42. The number of nitriles is 1. The van der Waals surface area contributed by atoms with Gasteiger partial charge < -0.3 is 5.32 Å². The zero-order chi connectivity index (χ0) is 12.8. The molecule has 0 aliphatic rings.